The maximum Gasteiger partial charge on any atom is 0.162 e. The first-order valence-electron chi connectivity index (χ1n) is 5.85. The van der Waals surface area contributed by atoms with Gasteiger partial charge in [0.2, 0.25) is 0 Å². The Balaban J connectivity index is 2.28. The quantitative estimate of drug-likeness (QED) is 0.767. The van der Waals surface area contributed by atoms with Gasteiger partial charge >= 0.3 is 0 Å². The lowest BCUT2D eigenvalue weighted by molar-refractivity contribution is 0.00650. The van der Waals surface area contributed by atoms with Crippen molar-refractivity contribution in [1.29, 1.82) is 0 Å². The van der Waals surface area contributed by atoms with E-state index in [0.717, 1.165) is 31.1 Å². The number of alkyl halides is 1. The third-order valence-electron chi connectivity index (χ3n) is 2.90. The summed E-state index contributed by atoms with van der Waals surface area (Å²) in [5.41, 5.74) is 0. The lowest BCUT2D eigenvalue weighted by Gasteiger charge is -2.24. The summed E-state index contributed by atoms with van der Waals surface area (Å²) in [4.78, 5) is 0. The molecule has 0 aliphatic carbocycles. The van der Waals surface area contributed by atoms with Crippen molar-refractivity contribution in [3.63, 3.8) is 0 Å². The van der Waals surface area contributed by atoms with Crippen LogP contribution >= 0.6 is 11.6 Å². The second-order valence-corrected chi connectivity index (χ2v) is 4.69. The minimum absolute atomic E-state index is 0.0978. The summed E-state index contributed by atoms with van der Waals surface area (Å²) in [6.07, 6.45) is 3.48. The molecule has 1 saturated heterocycles. The zero-order valence-electron chi connectivity index (χ0n) is 9.82. The summed E-state index contributed by atoms with van der Waals surface area (Å²) in [6.45, 7) is 5.06. The number of halogens is 1. The number of nitrogens with zero attached hydrogens (tertiary/aromatic N) is 3. The van der Waals surface area contributed by atoms with Crippen LogP contribution in [0.15, 0.2) is 0 Å². The molecule has 0 saturated carbocycles. The molecular formula is C11H18ClN3O. The van der Waals surface area contributed by atoms with Crippen LogP contribution in [-0.4, -0.2) is 21.4 Å². The molecule has 2 heterocycles. The normalized spacial score (nSPS) is 21.6. The van der Waals surface area contributed by atoms with Crippen LogP contribution in [0.4, 0.5) is 0 Å². The first kappa shape index (κ1) is 11.9. The zero-order valence-corrected chi connectivity index (χ0v) is 10.6. The van der Waals surface area contributed by atoms with Crippen LogP contribution in [0, 0.1) is 0 Å². The Bertz CT molecular complexity index is 345. The van der Waals surface area contributed by atoms with Crippen LogP contribution in [-0.2, 0) is 10.6 Å². The van der Waals surface area contributed by atoms with Gasteiger partial charge in [-0.15, -0.1) is 21.8 Å². The summed E-state index contributed by atoms with van der Waals surface area (Å²) >= 11 is 5.86. The third kappa shape index (κ3) is 2.23. The van der Waals surface area contributed by atoms with Gasteiger partial charge in [0.1, 0.15) is 11.9 Å². The minimum atomic E-state index is 0.0978. The third-order valence-corrected chi connectivity index (χ3v) is 3.14. The fraction of sp³-hybridized carbons (Fsp3) is 0.818. The van der Waals surface area contributed by atoms with Crippen LogP contribution in [0.1, 0.15) is 56.9 Å². The maximum absolute atomic E-state index is 5.86. The number of aromatic nitrogens is 3. The van der Waals surface area contributed by atoms with E-state index in [1.165, 1.54) is 6.42 Å². The Morgan fingerprint density at radius 2 is 2.25 bits per heavy atom. The van der Waals surface area contributed by atoms with Crippen molar-refractivity contribution in [2.45, 2.75) is 51.1 Å². The largest absolute Gasteiger partial charge is 0.370 e. The molecule has 2 rings (SSSR count). The van der Waals surface area contributed by atoms with Crippen LogP contribution in [0.5, 0.6) is 0 Å². The second kappa shape index (κ2) is 5.15. The van der Waals surface area contributed by atoms with Crippen LogP contribution in [0.25, 0.3) is 0 Å². The molecule has 16 heavy (non-hydrogen) atoms. The highest BCUT2D eigenvalue weighted by Crippen LogP contribution is 2.28. The summed E-state index contributed by atoms with van der Waals surface area (Å²) in [5.74, 6) is 2.17. The molecule has 4 nitrogen and oxygen atoms in total. The molecule has 0 aromatic carbocycles. The van der Waals surface area contributed by atoms with E-state index < -0.39 is 0 Å². The molecule has 1 unspecified atom stereocenters. The molecular weight excluding hydrogens is 226 g/mol. The molecule has 1 aliphatic rings. The van der Waals surface area contributed by atoms with E-state index in [-0.39, 0.29) is 6.10 Å². The van der Waals surface area contributed by atoms with Crippen LogP contribution in [0.3, 0.4) is 0 Å². The van der Waals surface area contributed by atoms with Crippen molar-refractivity contribution in [3.05, 3.63) is 11.6 Å². The van der Waals surface area contributed by atoms with Gasteiger partial charge in [0, 0.05) is 12.6 Å². The molecule has 0 bridgehead atoms. The molecule has 5 heteroatoms. The van der Waals surface area contributed by atoms with Gasteiger partial charge in [-0.05, 0) is 33.1 Å². The highest BCUT2D eigenvalue weighted by Gasteiger charge is 2.24. The zero-order chi connectivity index (χ0) is 11.5. The molecule has 1 atom stereocenters. The van der Waals surface area contributed by atoms with Gasteiger partial charge in [0.25, 0.3) is 0 Å². The predicted molar refractivity (Wildman–Crippen MR) is 62.5 cm³/mol. The van der Waals surface area contributed by atoms with Crippen molar-refractivity contribution in [1.82, 2.24) is 14.8 Å². The van der Waals surface area contributed by atoms with Crippen molar-refractivity contribution < 1.29 is 4.74 Å². The number of hydrogen-bond acceptors (Lipinski definition) is 3. The van der Waals surface area contributed by atoms with Crippen molar-refractivity contribution in [3.8, 4) is 0 Å². The van der Waals surface area contributed by atoms with Crippen molar-refractivity contribution >= 4 is 11.6 Å². The van der Waals surface area contributed by atoms with Gasteiger partial charge in [0.05, 0.1) is 5.88 Å². The molecule has 0 N–H and O–H groups in total. The first-order chi connectivity index (χ1) is 7.74. The summed E-state index contributed by atoms with van der Waals surface area (Å²) in [7, 11) is 0. The Morgan fingerprint density at radius 1 is 1.44 bits per heavy atom. The lowest BCUT2D eigenvalue weighted by atomic mass is 10.1. The van der Waals surface area contributed by atoms with E-state index in [9.17, 15) is 0 Å². The molecule has 1 aromatic heterocycles. The maximum atomic E-state index is 5.86. The fourth-order valence-electron chi connectivity index (χ4n) is 2.16. The van der Waals surface area contributed by atoms with E-state index in [4.69, 9.17) is 16.3 Å². The standard InChI is InChI=1S/C11H18ClN3O/c1-8(2)15-10(7-12)13-14-11(15)9-5-3-4-6-16-9/h8-9H,3-7H2,1-2H3. The Labute approximate surface area is 101 Å². The average molecular weight is 244 g/mol. The molecule has 0 spiro atoms. The highest BCUT2D eigenvalue weighted by molar-refractivity contribution is 6.16. The predicted octanol–water partition coefficient (Wildman–Crippen LogP) is 2.84. The van der Waals surface area contributed by atoms with Gasteiger partial charge in [-0.1, -0.05) is 0 Å². The smallest absolute Gasteiger partial charge is 0.162 e. The first-order valence-corrected chi connectivity index (χ1v) is 6.38. The Kier molecular flexibility index (Phi) is 3.82. The minimum Gasteiger partial charge on any atom is -0.370 e. The molecule has 1 fully saturated rings. The van der Waals surface area contributed by atoms with Crippen molar-refractivity contribution in [2.75, 3.05) is 6.61 Å². The number of hydrogen-bond donors (Lipinski definition) is 0. The van der Waals surface area contributed by atoms with Gasteiger partial charge in [-0.25, -0.2) is 0 Å². The van der Waals surface area contributed by atoms with Gasteiger partial charge < -0.3 is 9.30 Å². The van der Waals surface area contributed by atoms with Gasteiger partial charge in [-0.2, -0.15) is 0 Å². The lowest BCUT2D eigenvalue weighted by Crippen LogP contribution is -2.18. The second-order valence-electron chi connectivity index (χ2n) is 4.43. The summed E-state index contributed by atoms with van der Waals surface area (Å²) in [5, 5.41) is 8.37. The average Bonchev–Trinajstić information content (AvgIpc) is 2.73. The topological polar surface area (TPSA) is 39.9 Å². The number of ether oxygens (including phenoxy) is 1. The van der Waals surface area contributed by atoms with Gasteiger partial charge in [-0.3, -0.25) is 0 Å². The van der Waals surface area contributed by atoms with E-state index in [2.05, 4.69) is 28.6 Å². The van der Waals surface area contributed by atoms with Crippen LogP contribution < -0.4 is 0 Å². The fourth-order valence-corrected chi connectivity index (χ4v) is 2.34. The highest BCUT2D eigenvalue weighted by atomic mass is 35.5. The van der Waals surface area contributed by atoms with Crippen LogP contribution in [0.2, 0.25) is 0 Å². The molecule has 90 valence electrons. The Morgan fingerprint density at radius 3 is 2.81 bits per heavy atom. The summed E-state index contributed by atoms with van der Waals surface area (Å²) < 4.78 is 7.85. The molecule has 0 radical (unpaired) electrons. The SMILES string of the molecule is CC(C)n1c(CCl)nnc1C1CCCCO1. The molecule has 0 amide bonds. The van der Waals surface area contributed by atoms with E-state index >= 15 is 0 Å². The molecule has 1 aromatic rings. The summed E-state index contributed by atoms with van der Waals surface area (Å²) in [6, 6.07) is 0.323. The monoisotopic (exact) mass is 243 g/mol. The van der Waals surface area contributed by atoms with E-state index in [1.54, 1.807) is 0 Å². The number of rotatable bonds is 3. The van der Waals surface area contributed by atoms with E-state index in [0.29, 0.717) is 11.9 Å². The van der Waals surface area contributed by atoms with E-state index in [1.807, 2.05) is 0 Å². The molecule has 1 aliphatic heterocycles. The Hall–Kier alpha value is -0.610. The van der Waals surface area contributed by atoms with Crippen molar-refractivity contribution in [2.24, 2.45) is 0 Å². The van der Waals surface area contributed by atoms with Gasteiger partial charge in [0.15, 0.2) is 5.82 Å².